The number of carbonyl (C=O) groups is 2. The molecular weight excluding hydrogens is 388 g/mol. The molecule has 7 nitrogen and oxygen atoms in total. The monoisotopic (exact) mass is 410 g/mol. The molecule has 1 unspecified atom stereocenters. The van der Waals surface area contributed by atoms with Gasteiger partial charge in [0.15, 0.2) is 0 Å². The minimum absolute atomic E-state index is 0.0153. The molecule has 2 N–H and O–H groups in total. The Morgan fingerprint density at radius 2 is 2.10 bits per heavy atom. The highest BCUT2D eigenvalue weighted by Crippen LogP contribution is 2.30. The van der Waals surface area contributed by atoms with Crippen LogP contribution in [0.15, 0.2) is 40.8 Å². The lowest BCUT2D eigenvalue weighted by atomic mass is 10.1. The maximum absolute atomic E-state index is 13.0. The minimum atomic E-state index is -0.137. The Labute approximate surface area is 171 Å². The second-order valence-electron chi connectivity index (χ2n) is 7.30. The van der Waals surface area contributed by atoms with Crippen molar-refractivity contribution >= 4 is 33.4 Å². The molecule has 8 heteroatoms. The molecule has 1 aliphatic heterocycles. The lowest BCUT2D eigenvalue weighted by molar-refractivity contribution is -0.125. The number of hydrogen-bond donors (Lipinski definition) is 2. The fraction of sp³-hybridized carbons (Fsp3) is 0.333. The first-order chi connectivity index (χ1) is 14.0. The summed E-state index contributed by atoms with van der Waals surface area (Å²) in [6.07, 6.45) is 2.75. The van der Waals surface area contributed by atoms with Crippen LogP contribution < -0.4 is 16.2 Å². The van der Waals surface area contributed by atoms with Crippen molar-refractivity contribution in [3.05, 3.63) is 51.9 Å². The molecule has 1 aliphatic rings. The fourth-order valence-corrected chi connectivity index (χ4v) is 4.36. The van der Waals surface area contributed by atoms with Gasteiger partial charge in [-0.2, -0.15) is 0 Å². The molecule has 0 bridgehead atoms. The van der Waals surface area contributed by atoms with Crippen molar-refractivity contribution in [2.24, 2.45) is 0 Å². The third-order valence-corrected chi connectivity index (χ3v) is 6.02. The topological polar surface area (TPSA) is 93.1 Å². The van der Waals surface area contributed by atoms with Gasteiger partial charge in [-0.15, -0.1) is 11.3 Å². The Balaban J connectivity index is 1.49. The number of piperidine rings is 1. The zero-order chi connectivity index (χ0) is 20.4. The van der Waals surface area contributed by atoms with E-state index in [0.717, 1.165) is 16.7 Å². The molecule has 4 rings (SSSR count). The van der Waals surface area contributed by atoms with Gasteiger partial charge in [0.05, 0.1) is 11.7 Å². The van der Waals surface area contributed by atoms with E-state index in [1.165, 1.54) is 22.2 Å². The van der Waals surface area contributed by atoms with Crippen LogP contribution in [0.2, 0.25) is 0 Å². The average molecular weight is 410 g/mol. The van der Waals surface area contributed by atoms with Crippen LogP contribution in [-0.4, -0.2) is 34.0 Å². The molecule has 0 spiro atoms. The summed E-state index contributed by atoms with van der Waals surface area (Å²) in [4.78, 5) is 41.6. The summed E-state index contributed by atoms with van der Waals surface area (Å²) in [7, 11) is 0. The van der Waals surface area contributed by atoms with Crippen LogP contribution in [0, 0.1) is 6.92 Å². The van der Waals surface area contributed by atoms with Gasteiger partial charge in [0, 0.05) is 42.9 Å². The van der Waals surface area contributed by atoms with E-state index in [4.69, 9.17) is 0 Å². The number of thiophene rings is 1. The summed E-state index contributed by atoms with van der Waals surface area (Å²) in [6.45, 7) is 2.74. The van der Waals surface area contributed by atoms with E-state index in [9.17, 15) is 14.4 Å². The predicted octanol–water partition coefficient (Wildman–Crippen LogP) is 2.22. The smallest absolute Gasteiger partial charge is 0.262 e. The highest BCUT2D eigenvalue weighted by atomic mass is 32.1. The van der Waals surface area contributed by atoms with Gasteiger partial charge in [-0.05, 0) is 18.9 Å². The van der Waals surface area contributed by atoms with Gasteiger partial charge in [0.2, 0.25) is 11.8 Å². The summed E-state index contributed by atoms with van der Waals surface area (Å²) < 4.78 is 1.50. The van der Waals surface area contributed by atoms with Gasteiger partial charge in [-0.1, -0.05) is 29.8 Å². The number of fused-ring (bicyclic) bond motifs is 1. The van der Waals surface area contributed by atoms with Crippen LogP contribution in [0.5, 0.6) is 0 Å². The second kappa shape index (κ2) is 8.16. The summed E-state index contributed by atoms with van der Waals surface area (Å²) in [5.41, 5.74) is 2.88. The summed E-state index contributed by atoms with van der Waals surface area (Å²) in [5, 5.41) is 8.21. The third kappa shape index (κ3) is 4.22. The Morgan fingerprint density at radius 1 is 1.31 bits per heavy atom. The Morgan fingerprint density at radius 3 is 2.83 bits per heavy atom. The lowest BCUT2D eigenvalue weighted by Gasteiger charge is -2.23. The third-order valence-electron chi connectivity index (χ3n) is 5.13. The molecule has 1 atom stereocenters. The lowest BCUT2D eigenvalue weighted by Crippen LogP contribution is -2.47. The van der Waals surface area contributed by atoms with Gasteiger partial charge >= 0.3 is 0 Å². The number of rotatable bonds is 5. The molecule has 0 saturated carbocycles. The van der Waals surface area contributed by atoms with Crippen LogP contribution in [-0.2, 0) is 16.1 Å². The zero-order valence-electron chi connectivity index (χ0n) is 16.1. The molecule has 29 heavy (non-hydrogen) atoms. The van der Waals surface area contributed by atoms with E-state index >= 15 is 0 Å². The van der Waals surface area contributed by atoms with Crippen molar-refractivity contribution in [2.75, 3.05) is 6.54 Å². The van der Waals surface area contributed by atoms with Gasteiger partial charge in [0.25, 0.3) is 5.56 Å². The molecule has 0 radical (unpaired) electrons. The van der Waals surface area contributed by atoms with E-state index in [0.29, 0.717) is 29.6 Å². The normalized spacial score (nSPS) is 16.6. The number of amides is 2. The first kappa shape index (κ1) is 19.3. The van der Waals surface area contributed by atoms with Crippen molar-refractivity contribution in [3.8, 4) is 11.1 Å². The first-order valence-corrected chi connectivity index (χ1v) is 10.5. The number of aryl methyl sites for hydroxylation is 2. The highest BCUT2D eigenvalue weighted by Gasteiger charge is 2.20. The van der Waals surface area contributed by atoms with Gasteiger partial charge in [-0.25, -0.2) is 4.98 Å². The number of nitrogens with zero attached hydrogens (tertiary/aromatic N) is 2. The van der Waals surface area contributed by atoms with Crippen molar-refractivity contribution in [1.82, 2.24) is 20.2 Å². The molecular formula is C21H22N4O3S. The van der Waals surface area contributed by atoms with Crippen molar-refractivity contribution in [3.63, 3.8) is 0 Å². The summed E-state index contributed by atoms with van der Waals surface area (Å²) in [5.74, 6) is -0.121. The molecule has 1 aromatic carbocycles. The zero-order valence-corrected chi connectivity index (χ0v) is 16.9. The Hall–Kier alpha value is -3.00. The van der Waals surface area contributed by atoms with Crippen LogP contribution in [0.4, 0.5) is 0 Å². The molecule has 3 heterocycles. The van der Waals surface area contributed by atoms with E-state index in [1.54, 1.807) is 0 Å². The van der Waals surface area contributed by atoms with E-state index in [-0.39, 0.29) is 36.4 Å². The predicted molar refractivity (Wildman–Crippen MR) is 113 cm³/mol. The van der Waals surface area contributed by atoms with Crippen LogP contribution in [0.3, 0.4) is 0 Å². The van der Waals surface area contributed by atoms with Crippen molar-refractivity contribution in [1.29, 1.82) is 0 Å². The molecule has 0 aliphatic carbocycles. The SMILES string of the molecule is Cc1ccc(-c2csc3ncn(CCC(=O)NC4CCC(=O)NC4)c(=O)c23)cc1. The molecule has 150 valence electrons. The average Bonchev–Trinajstić information content (AvgIpc) is 3.15. The van der Waals surface area contributed by atoms with E-state index in [1.807, 2.05) is 36.6 Å². The summed E-state index contributed by atoms with van der Waals surface area (Å²) in [6, 6.07) is 7.99. The number of nitrogens with one attached hydrogen (secondary N) is 2. The van der Waals surface area contributed by atoms with Gasteiger partial charge < -0.3 is 10.6 Å². The quantitative estimate of drug-likeness (QED) is 0.675. The number of benzene rings is 1. The van der Waals surface area contributed by atoms with Crippen molar-refractivity contribution in [2.45, 2.75) is 38.8 Å². The highest BCUT2D eigenvalue weighted by molar-refractivity contribution is 7.17. The maximum atomic E-state index is 13.0. The molecule has 2 aromatic heterocycles. The number of carbonyl (C=O) groups excluding carboxylic acids is 2. The molecule has 1 fully saturated rings. The van der Waals surface area contributed by atoms with Gasteiger partial charge in [0.1, 0.15) is 4.83 Å². The fourth-order valence-electron chi connectivity index (χ4n) is 3.45. The molecule has 2 amide bonds. The standard InChI is InChI=1S/C21H22N4O3S/c1-13-2-4-14(5-3-13)16-11-29-20-19(16)21(28)25(12-23-20)9-8-18(27)24-15-6-7-17(26)22-10-15/h2-5,11-12,15H,6-10H2,1H3,(H,22,26)(H,24,27). The first-order valence-electron chi connectivity index (χ1n) is 9.61. The molecule has 3 aromatic rings. The van der Waals surface area contributed by atoms with Gasteiger partial charge in [-0.3, -0.25) is 19.0 Å². The van der Waals surface area contributed by atoms with Crippen LogP contribution in [0.25, 0.3) is 21.3 Å². The minimum Gasteiger partial charge on any atom is -0.354 e. The van der Waals surface area contributed by atoms with Crippen LogP contribution >= 0.6 is 11.3 Å². The van der Waals surface area contributed by atoms with E-state index in [2.05, 4.69) is 15.6 Å². The number of hydrogen-bond acceptors (Lipinski definition) is 5. The maximum Gasteiger partial charge on any atom is 0.262 e. The van der Waals surface area contributed by atoms with E-state index < -0.39 is 0 Å². The molecule has 1 saturated heterocycles. The summed E-state index contributed by atoms with van der Waals surface area (Å²) >= 11 is 1.45. The Bertz CT molecular complexity index is 1110. The number of aromatic nitrogens is 2. The second-order valence-corrected chi connectivity index (χ2v) is 8.15. The largest absolute Gasteiger partial charge is 0.354 e. The Kier molecular flexibility index (Phi) is 5.44. The van der Waals surface area contributed by atoms with Crippen LogP contribution in [0.1, 0.15) is 24.8 Å². The van der Waals surface area contributed by atoms with Crippen molar-refractivity contribution < 1.29 is 9.59 Å².